The molecule has 7 heteroatoms. The van der Waals surface area contributed by atoms with Gasteiger partial charge in [-0.3, -0.25) is 9.36 Å². The molecule has 162 valence electrons. The number of halogens is 1. The smallest absolute Gasteiger partial charge is 0.230 e. The molecule has 0 spiro atoms. The topological polar surface area (TPSA) is 59.8 Å². The van der Waals surface area contributed by atoms with E-state index in [0.717, 1.165) is 16.7 Å². The number of amides is 1. The number of hydrogen-bond acceptors (Lipinski definition) is 4. The molecular formula is C25H23FN4OS. The Labute approximate surface area is 190 Å². The summed E-state index contributed by atoms with van der Waals surface area (Å²) in [7, 11) is 0. The number of nitrogens with one attached hydrogen (secondary N) is 1. The normalized spacial score (nSPS) is 11.8. The molecule has 0 saturated heterocycles. The van der Waals surface area contributed by atoms with E-state index in [9.17, 15) is 9.18 Å². The summed E-state index contributed by atoms with van der Waals surface area (Å²) >= 11 is 1.33. The Bertz CT molecular complexity index is 1160. The minimum absolute atomic E-state index is 0.0797. The van der Waals surface area contributed by atoms with Gasteiger partial charge in [0.15, 0.2) is 11.0 Å². The average molecular weight is 447 g/mol. The predicted molar refractivity (Wildman–Crippen MR) is 125 cm³/mol. The van der Waals surface area contributed by atoms with E-state index in [2.05, 4.69) is 15.5 Å². The SMILES string of the molecule is C[C@@H](NC(=O)CSc1nnc(-c2ccc(F)cc2)n1Cc1ccccc1)c1ccccc1. The van der Waals surface area contributed by atoms with Crippen LogP contribution in [0.3, 0.4) is 0 Å². The molecule has 3 aromatic carbocycles. The number of hydrogen-bond donors (Lipinski definition) is 1. The van der Waals surface area contributed by atoms with Crippen molar-refractivity contribution in [3.63, 3.8) is 0 Å². The van der Waals surface area contributed by atoms with Crippen molar-refractivity contribution in [3.8, 4) is 11.4 Å². The number of aromatic nitrogens is 3. The lowest BCUT2D eigenvalue weighted by molar-refractivity contribution is -0.119. The van der Waals surface area contributed by atoms with Gasteiger partial charge in [-0.1, -0.05) is 72.4 Å². The average Bonchev–Trinajstić information content (AvgIpc) is 3.21. The number of rotatable bonds is 8. The molecule has 1 heterocycles. The van der Waals surface area contributed by atoms with E-state index in [-0.39, 0.29) is 23.5 Å². The van der Waals surface area contributed by atoms with Gasteiger partial charge >= 0.3 is 0 Å². The highest BCUT2D eigenvalue weighted by Gasteiger charge is 2.17. The second-order valence-corrected chi connectivity index (χ2v) is 8.32. The monoisotopic (exact) mass is 446 g/mol. The first-order valence-electron chi connectivity index (χ1n) is 10.3. The van der Waals surface area contributed by atoms with Gasteiger partial charge in [-0.2, -0.15) is 0 Å². The molecule has 0 unspecified atom stereocenters. The summed E-state index contributed by atoms with van der Waals surface area (Å²) in [6.07, 6.45) is 0. The van der Waals surface area contributed by atoms with Gasteiger partial charge in [0.2, 0.25) is 5.91 Å². The molecule has 0 aliphatic rings. The van der Waals surface area contributed by atoms with Crippen molar-refractivity contribution < 1.29 is 9.18 Å². The summed E-state index contributed by atoms with van der Waals surface area (Å²) in [6.45, 7) is 2.51. The Balaban J connectivity index is 1.51. The van der Waals surface area contributed by atoms with Gasteiger partial charge in [-0.15, -0.1) is 10.2 Å². The van der Waals surface area contributed by atoms with Crippen LogP contribution in [0, 0.1) is 5.82 Å². The molecule has 4 aromatic rings. The highest BCUT2D eigenvalue weighted by atomic mass is 32.2. The van der Waals surface area contributed by atoms with E-state index in [4.69, 9.17) is 0 Å². The number of carbonyl (C=O) groups is 1. The van der Waals surface area contributed by atoms with Crippen molar-refractivity contribution in [2.45, 2.75) is 24.7 Å². The van der Waals surface area contributed by atoms with Crippen LogP contribution in [-0.2, 0) is 11.3 Å². The van der Waals surface area contributed by atoms with E-state index >= 15 is 0 Å². The molecule has 1 atom stereocenters. The maximum atomic E-state index is 13.4. The highest BCUT2D eigenvalue weighted by Crippen LogP contribution is 2.25. The van der Waals surface area contributed by atoms with Crippen LogP contribution < -0.4 is 5.32 Å². The third kappa shape index (κ3) is 5.42. The molecule has 0 radical (unpaired) electrons. The second kappa shape index (κ2) is 10.2. The number of carbonyl (C=O) groups excluding carboxylic acids is 1. The van der Waals surface area contributed by atoms with E-state index in [1.54, 1.807) is 12.1 Å². The van der Waals surface area contributed by atoms with Crippen LogP contribution in [0.1, 0.15) is 24.1 Å². The highest BCUT2D eigenvalue weighted by molar-refractivity contribution is 7.99. The van der Waals surface area contributed by atoms with Crippen LogP contribution in [0.25, 0.3) is 11.4 Å². The molecular weight excluding hydrogens is 423 g/mol. The Morgan fingerprint density at radius 1 is 0.969 bits per heavy atom. The molecule has 1 amide bonds. The summed E-state index contributed by atoms with van der Waals surface area (Å²) < 4.78 is 15.4. The van der Waals surface area contributed by atoms with Crippen molar-refractivity contribution in [2.24, 2.45) is 0 Å². The van der Waals surface area contributed by atoms with Gasteiger partial charge in [0.05, 0.1) is 18.3 Å². The van der Waals surface area contributed by atoms with E-state index < -0.39 is 0 Å². The first-order chi connectivity index (χ1) is 15.6. The first-order valence-corrected chi connectivity index (χ1v) is 11.3. The van der Waals surface area contributed by atoms with Crippen LogP contribution >= 0.6 is 11.8 Å². The van der Waals surface area contributed by atoms with Crippen molar-refractivity contribution >= 4 is 17.7 Å². The summed E-state index contributed by atoms with van der Waals surface area (Å²) in [5.41, 5.74) is 2.90. The third-order valence-electron chi connectivity index (χ3n) is 5.01. The van der Waals surface area contributed by atoms with Gasteiger partial charge < -0.3 is 5.32 Å². The van der Waals surface area contributed by atoms with Crippen molar-refractivity contribution in [3.05, 3.63) is 102 Å². The summed E-state index contributed by atoms with van der Waals surface area (Å²) in [5.74, 6) is 0.466. The molecule has 0 aliphatic carbocycles. The van der Waals surface area contributed by atoms with Gasteiger partial charge in [-0.05, 0) is 42.3 Å². The quantitative estimate of drug-likeness (QED) is 0.383. The zero-order chi connectivity index (χ0) is 22.3. The molecule has 32 heavy (non-hydrogen) atoms. The molecule has 0 aliphatic heterocycles. The van der Waals surface area contributed by atoms with E-state index in [1.165, 1.54) is 23.9 Å². The van der Waals surface area contributed by atoms with Crippen LogP contribution in [0.4, 0.5) is 4.39 Å². The molecule has 5 nitrogen and oxygen atoms in total. The molecule has 0 saturated carbocycles. The van der Waals surface area contributed by atoms with Crippen molar-refractivity contribution in [2.75, 3.05) is 5.75 Å². The zero-order valence-electron chi connectivity index (χ0n) is 17.6. The third-order valence-corrected chi connectivity index (χ3v) is 5.98. The zero-order valence-corrected chi connectivity index (χ0v) is 18.4. The second-order valence-electron chi connectivity index (χ2n) is 7.37. The van der Waals surface area contributed by atoms with Gasteiger partial charge in [0.25, 0.3) is 0 Å². The summed E-state index contributed by atoms with van der Waals surface area (Å²) in [6, 6.07) is 25.9. The van der Waals surface area contributed by atoms with Gasteiger partial charge in [-0.25, -0.2) is 4.39 Å². The number of thioether (sulfide) groups is 1. The lowest BCUT2D eigenvalue weighted by Gasteiger charge is -2.14. The van der Waals surface area contributed by atoms with Crippen molar-refractivity contribution in [1.29, 1.82) is 0 Å². The van der Waals surface area contributed by atoms with E-state index in [1.807, 2.05) is 72.2 Å². The minimum atomic E-state index is -0.304. The Hall–Kier alpha value is -3.45. The van der Waals surface area contributed by atoms with Crippen LogP contribution in [-0.4, -0.2) is 26.4 Å². The standard InChI is InChI=1S/C25H23FN4OS/c1-18(20-10-6-3-7-11-20)27-23(31)17-32-25-29-28-24(21-12-14-22(26)15-13-21)30(25)16-19-8-4-2-5-9-19/h2-15,18H,16-17H2,1H3,(H,27,31)/t18-/m1/s1. The molecule has 4 rings (SSSR count). The van der Waals surface area contributed by atoms with Gasteiger partial charge in [0.1, 0.15) is 5.82 Å². The fourth-order valence-electron chi connectivity index (χ4n) is 3.35. The van der Waals surface area contributed by atoms with Crippen LogP contribution in [0.2, 0.25) is 0 Å². The Morgan fingerprint density at radius 3 is 2.31 bits per heavy atom. The fraction of sp³-hybridized carbons (Fsp3) is 0.160. The number of nitrogens with zero attached hydrogens (tertiary/aromatic N) is 3. The maximum absolute atomic E-state index is 13.4. The molecule has 0 fully saturated rings. The Morgan fingerprint density at radius 2 is 1.62 bits per heavy atom. The van der Waals surface area contributed by atoms with Crippen LogP contribution in [0.15, 0.2) is 90.1 Å². The maximum Gasteiger partial charge on any atom is 0.230 e. The van der Waals surface area contributed by atoms with Crippen LogP contribution in [0.5, 0.6) is 0 Å². The summed E-state index contributed by atoms with van der Waals surface area (Å²) in [4.78, 5) is 12.6. The van der Waals surface area contributed by atoms with E-state index in [0.29, 0.717) is 17.5 Å². The van der Waals surface area contributed by atoms with Gasteiger partial charge in [0, 0.05) is 5.56 Å². The lowest BCUT2D eigenvalue weighted by atomic mass is 10.1. The lowest BCUT2D eigenvalue weighted by Crippen LogP contribution is -2.28. The molecule has 0 bridgehead atoms. The molecule has 1 N–H and O–H groups in total. The van der Waals surface area contributed by atoms with Crippen molar-refractivity contribution in [1.82, 2.24) is 20.1 Å². The predicted octanol–water partition coefficient (Wildman–Crippen LogP) is 5.10. The minimum Gasteiger partial charge on any atom is -0.349 e. The first kappa shape index (κ1) is 21.8. The fourth-order valence-corrected chi connectivity index (χ4v) is 4.10. The Kier molecular flexibility index (Phi) is 6.97. The summed E-state index contributed by atoms with van der Waals surface area (Å²) in [5, 5.41) is 12.3. The largest absolute Gasteiger partial charge is 0.349 e. The molecule has 1 aromatic heterocycles. The number of benzene rings is 3.